The van der Waals surface area contributed by atoms with Gasteiger partial charge in [0, 0.05) is 37.3 Å². The van der Waals surface area contributed by atoms with E-state index in [0.717, 1.165) is 6.42 Å². The first-order chi connectivity index (χ1) is 10.5. The molecule has 0 bridgehead atoms. The van der Waals surface area contributed by atoms with E-state index in [9.17, 15) is 4.79 Å². The topological polar surface area (TPSA) is 47.9 Å². The van der Waals surface area contributed by atoms with Crippen LogP contribution in [0.2, 0.25) is 0 Å². The molecule has 1 fully saturated rings. The molecule has 2 atom stereocenters. The van der Waals surface area contributed by atoms with Crippen molar-refractivity contribution in [3.63, 3.8) is 0 Å². The van der Waals surface area contributed by atoms with Gasteiger partial charge in [-0.1, -0.05) is 6.08 Å². The summed E-state index contributed by atoms with van der Waals surface area (Å²) in [6.45, 7) is 9.11. The molecule has 0 aromatic heterocycles. The lowest BCUT2D eigenvalue weighted by atomic mass is 9.84. The van der Waals surface area contributed by atoms with Crippen molar-refractivity contribution in [2.75, 3.05) is 6.54 Å². The van der Waals surface area contributed by atoms with Crippen LogP contribution in [-0.2, 0) is 4.79 Å². The van der Waals surface area contributed by atoms with E-state index in [1.165, 1.54) is 11.1 Å². The number of Topliss-reactive ketones (excluding diaryl/α,β-unsaturated/α-hetero) is 1. The number of ketones is 1. The zero-order valence-corrected chi connectivity index (χ0v) is 13.9. The number of dihydropyridines is 1. The summed E-state index contributed by atoms with van der Waals surface area (Å²) in [5.74, 6) is 0.305. The minimum Gasteiger partial charge on any atom is -0.298 e. The van der Waals surface area contributed by atoms with Crippen LogP contribution in [0.5, 0.6) is 0 Å². The van der Waals surface area contributed by atoms with Crippen molar-refractivity contribution < 1.29 is 4.79 Å². The molecule has 1 N–H and O–H groups in total. The molecular formula is C17H26N4O. The van der Waals surface area contributed by atoms with Crippen LogP contribution in [-0.4, -0.2) is 52.7 Å². The molecule has 3 heterocycles. The molecule has 2 unspecified atom stereocenters. The molecule has 0 saturated carbocycles. The number of allylic oxidation sites excluding steroid dienone is 1. The van der Waals surface area contributed by atoms with Gasteiger partial charge >= 0.3 is 0 Å². The van der Waals surface area contributed by atoms with Crippen LogP contribution >= 0.6 is 0 Å². The maximum atomic E-state index is 12.2. The molecule has 0 aromatic rings. The largest absolute Gasteiger partial charge is 0.298 e. The number of likely N-dealkylation sites (tertiary alicyclic amines) is 1. The molecule has 22 heavy (non-hydrogen) atoms. The lowest BCUT2D eigenvalue weighted by molar-refractivity contribution is -0.122. The molecule has 0 aromatic carbocycles. The number of aliphatic imine (C=N–C) groups is 1. The third kappa shape index (κ3) is 2.75. The van der Waals surface area contributed by atoms with Crippen LogP contribution in [0.4, 0.5) is 0 Å². The second-order valence-corrected chi connectivity index (χ2v) is 6.92. The Bertz CT molecular complexity index is 547. The van der Waals surface area contributed by atoms with E-state index < -0.39 is 0 Å². The van der Waals surface area contributed by atoms with E-state index in [2.05, 4.69) is 55.3 Å². The van der Waals surface area contributed by atoms with Crippen molar-refractivity contribution in [3.8, 4) is 0 Å². The van der Waals surface area contributed by atoms with E-state index in [1.54, 1.807) is 0 Å². The van der Waals surface area contributed by atoms with Crippen molar-refractivity contribution >= 4 is 12.0 Å². The monoisotopic (exact) mass is 302 g/mol. The Morgan fingerprint density at radius 1 is 1.32 bits per heavy atom. The lowest BCUT2D eigenvalue weighted by Gasteiger charge is -2.48. The van der Waals surface area contributed by atoms with Crippen LogP contribution < -0.4 is 5.43 Å². The molecule has 0 aliphatic carbocycles. The Balaban J connectivity index is 2.01. The van der Waals surface area contributed by atoms with E-state index >= 15 is 0 Å². The van der Waals surface area contributed by atoms with Gasteiger partial charge < -0.3 is 0 Å². The van der Waals surface area contributed by atoms with E-state index in [1.807, 2.05) is 6.21 Å². The number of hydrogen-bond donors (Lipinski definition) is 1. The summed E-state index contributed by atoms with van der Waals surface area (Å²) in [5.41, 5.74) is 5.95. The van der Waals surface area contributed by atoms with Crippen molar-refractivity contribution in [1.82, 2.24) is 15.3 Å². The van der Waals surface area contributed by atoms with E-state index in [4.69, 9.17) is 4.99 Å². The Hall–Kier alpha value is -1.46. The highest BCUT2D eigenvalue weighted by Gasteiger charge is 2.42. The SMILES string of the molecule is CC(C)NN1C=C2CC(=O)CN(C(C)C)C2C2=CCC=NC21. The van der Waals surface area contributed by atoms with Crippen LogP contribution in [0.25, 0.3) is 0 Å². The fourth-order valence-corrected chi connectivity index (χ4v) is 3.57. The second-order valence-electron chi connectivity index (χ2n) is 6.92. The normalized spacial score (nSPS) is 28.6. The first-order valence-corrected chi connectivity index (χ1v) is 8.21. The Morgan fingerprint density at radius 3 is 2.77 bits per heavy atom. The zero-order chi connectivity index (χ0) is 15.9. The van der Waals surface area contributed by atoms with Gasteiger partial charge in [0.05, 0.1) is 12.6 Å². The number of piperidine rings is 1. The summed E-state index contributed by atoms with van der Waals surface area (Å²) in [5, 5.41) is 2.08. The summed E-state index contributed by atoms with van der Waals surface area (Å²) in [4.78, 5) is 19.2. The lowest BCUT2D eigenvalue weighted by Crippen LogP contribution is -2.58. The second kappa shape index (κ2) is 5.97. The first-order valence-electron chi connectivity index (χ1n) is 8.21. The summed E-state index contributed by atoms with van der Waals surface area (Å²) in [7, 11) is 0. The van der Waals surface area contributed by atoms with Gasteiger partial charge in [-0.05, 0) is 38.8 Å². The molecule has 0 amide bonds. The fraction of sp³-hybridized carbons (Fsp3) is 0.647. The third-order valence-electron chi connectivity index (χ3n) is 4.40. The Morgan fingerprint density at radius 2 is 2.09 bits per heavy atom. The summed E-state index contributed by atoms with van der Waals surface area (Å²) >= 11 is 0. The van der Waals surface area contributed by atoms with Gasteiger partial charge in [-0.25, -0.2) is 5.43 Å². The van der Waals surface area contributed by atoms with Crippen LogP contribution in [0, 0.1) is 0 Å². The van der Waals surface area contributed by atoms with Crippen LogP contribution in [0.1, 0.15) is 40.5 Å². The summed E-state index contributed by atoms with van der Waals surface area (Å²) in [6, 6.07) is 0.896. The molecule has 5 heteroatoms. The highest BCUT2D eigenvalue weighted by Crippen LogP contribution is 2.36. The van der Waals surface area contributed by atoms with Gasteiger partial charge in [0.2, 0.25) is 0 Å². The first kappa shape index (κ1) is 15.4. The maximum Gasteiger partial charge on any atom is 0.157 e. The number of rotatable bonds is 3. The molecule has 3 aliphatic heterocycles. The number of hydrazine groups is 1. The third-order valence-corrected chi connectivity index (χ3v) is 4.40. The molecule has 1 saturated heterocycles. The smallest absolute Gasteiger partial charge is 0.157 e. The highest BCUT2D eigenvalue weighted by molar-refractivity contribution is 5.85. The Kier molecular flexibility index (Phi) is 4.19. The maximum absolute atomic E-state index is 12.2. The average molecular weight is 302 g/mol. The van der Waals surface area contributed by atoms with Gasteiger partial charge in [-0.15, -0.1) is 0 Å². The number of carbonyl (C=O) groups excluding carboxylic acids is 1. The quantitative estimate of drug-likeness (QED) is 0.809. The van der Waals surface area contributed by atoms with Gasteiger partial charge in [-0.2, -0.15) is 0 Å². The summed E-state index contributed by atoms with van der Waals surface area (Å²) in [6.07, 6.45) is 7.83. The minimum absolute atomic E-state index is 0.0133. The molecule has 3 rings (SSSR count). The molecule has 3 aliphatic rings. The highest BCUT2D eigenvalue weighted by atomic mass is 16.1. The van der Waals surface area contributed by atoms with Crippen molar-refractivity contribution in [2.45, 2.75) is 64.8 Å². The van der Waals surface area contributed by atoms with Gasteiger partial charge in [0.1, 0.15) is 0 Å². The average Bonchev–Trinajstić information content (AvgIpc) is 2.45. The minimum atomic E-state index is 0.0133. The van der Waals surface area contributed by atoms with Crippen molar-refractivity contribution in [2.24, 2.45) is 4.99 Å². The number of hydrogen-bond acceptors (Lipinski definition) is 5. The number of fused-ring (bicyclic) bond motifs is 3. The molecular weight excluding hydrogens is 276 g/mol. The number of nitrogens with zero attached hydrogens (tertiary/aromatic N) is 3. The predicted molar refractivity (Wildman–Crippen MR) is 88.4 cm³/mol. The van der Waals surface area contributed by atoms with E-state index in [0.29, 0.717) is 30.8 Å². The predicted octanol–water partition coefficient (Wildman–Crippen LogP) is 1.88. The summed E-state index contributed by atoms with van der Waals surface area (Å²) < 4.78 is 0. The fourth-order valence-electron chi connectivity index (χ4n) is 3.57. The van der Waals surface area contributed by atoms with Gasteiger partial charge in [-0.3, -0.25) is 19.7 Å². The van der Waals surface area contributed by atoms with Crippen LogP contribution in [0.15, 0.2) is 28.4 Å². The molecule has 5 nitrogen and oxygen atoms in total. The number of nitrogens with one attached hydrogen (secondary N) is 1. The standard InChI is InChI=1S/C17H26N4O/c1-11(2)19-21-9-13-8-14(22)10-20(12(3)4)16(13)15-6-5-7-18-17(15)21/h6-7,9,11-12,16-17,19H,5,8,10H2,1-4H3. The number of carbonyl (C=O) groups is 1. The van der Waals surface area contributed by atoms with E-state index in [-0.39, 0.29) is 12.2 Å². The molecule has 120 valence electrons. The van der Waals surface area contributed by atoms with Crippen molar-refractivity contribution in [1.29, 1.82) is 0 Å². The molecule has 0 radical (unpaired) electrons. The molecule has 0 spiro atoms. The van der Waals surface area contributed by atoms with Crippen molar-refractivity contribution in [3.05, 3.63) is 23.4 Å². The van der Waals surface area contributed by atoms with Gasteiger partial charge in [0.25, 0.3) is 0 Å². The van der Waals surface area contributed by atoms with Crippen LogP contribution in [0.3, 0.4) is 0 Å². The van der Waals surface area contributed by atoms with Gasteiger partial charge in [0.15, 0.2) is 11.9 Å². The Labute approximate surface area is 132 Å². The zero-order valence-electron chi connectivity index (χ0n) is 13.9.